The van der Waals surface area contributed by atoms with Gasteiger partial charge in [-0.3, -0.25) is 0 Å². The molecule has 1 rings (SSSR count). The molecule has 0 saturated heterocycles. The predicted molar refractivity (Wildman–Crippen MR) is 85.6 cm³/mol. The highest BCUT2D eigenvalue weighted by Crippen LogP contribution is 2.26. The minimum atomic E-state index is 0.596. The standard InChI is InChI=1S/C15H26BrN3/c1-6-17-15-14(16)12(9-11(4)5)18-13(19-15)8-7-10(2)3/h10-11H,6-9H2,1-5H3,(H,17,18,19). The van der Waals surface area contributed by atoms with E-state index in [1.165, 1.54) is 0 Å². The van der Waals surface area contributed by atoms with Crippen molar-refractivity contribution in [2.75, 3.05) is 11.9 Å². The molecule has 0 spiro atoms. The van der Waals surface area contributed by atoms with Crippen LogP contribution in [-0.2, 0) is 12.8 Å². The third-order valence-electron chi connectivity index (χ3n) is 2.86. The Morgan fingerprint density at radius 3 is 2.32 bits per heavy atom. The van der Waals surface area contributed by atoms with Crippen LogP contribution in [0.2, 0.25) is 0 Å². The molecule has 0 radical (unpaired) electrons. The topological polar surface area (TPSA) is 37.8 Å². The fraction of sp³-hybridized carbons (Fsp3) is 0.733. The smallest absolute Gasteiger partial charge is 0.144 e. The Bertz CT molecular complexity index is 403. The fourth-order valence-electron chi connectivity index (χ4n) is 1.88. The van der Waals surface area contributed by atoms with Crippen LogP contribution in [0.3, 0.4) is 0 Å². The van der Waals surface area contributed by atoms with E-state index in [4.69, 9.17) is 4.98 Å². The van der Waals surface area contributed by atoms with Gasteiger partial charge in [0, 0.05) is 13.0 Å². The lowest BCUT2D eigenvalue weighted by Crippen LogP contribution is -2.10. The summed E-state index contributed by atoms with van der Waals surface area (Å²) in [5.41, 5.74) is 1.12. The quantitative estimate of drug-likeness (QED) is 0.803. The van der Waals surface area contributed by atoms with Crippen molar-refractivity contribution in [1.29, 1.82) is 0 Å². The lowest BCUT2D eigenvalue weighted by Gasteiger charge is -2.14. The van der Waals surface area contributed by atoms with E-state index in [1.54, 1.807) is 0 Å². The summed E-state index contributed by atoms with van der Waals surface area (Å²) in [6.07, 6.45) is 3.07. The lowest BCUT2D eigenvalue weighted by molar-refractivity contribution is 0.569. The average Bonchev–Trinajstić information content (AvgIpc) is 2.31. The summed E-state index contributed by atoms with van der Waals surface area (Å²) in [4.78, 5) is 9.36. The van der Waals surface area contributed by atoms with Gasteiger partial charge in [-0.25, -0.2) is 9.97 Å². The van der Waals surface area contributed by atoms with Crippen LogP contribution in [0.4, 0.5) is 5.82 Å². The van der Waals surface area contributed by atoms with Crippen LogP contribution < -0.4 is 5.32 Å². The zero-order chi connectivity index (χ0) is 14.4. The van der Waals surface area contributed by atoms with Crippen molar-refractivity contribution < 1.29 is 0 Å². The van der Waals surface area contributed by atoms with Gasteiger partial charge < -0.3 is 5.32 Å². The summed E-state index contributed by atoms with van der Waals surface area (Å²) in [6, 6.07) is 0. The summed E-state index contributed by atoms with van der Waals surface area (Å²) in [6.45, 7) is 11.9. The van der Waals surface area contributed by atoms with Crippen LogP contribution in [0, 0.1) is 11.8 Å². The minimum Gasteiger partial charge on any atom is -0.369 e. The second-order valence-electron chi connectivity index (χ2n) is 5.81. The number of anilines is 1. The summed E-state index contributed by atoms with van der Waals surface area (Å²) >= 11 is 3.64. The second-order valence-corrected chi connectivity index (χ2v) is 6.60. The van der Waals surface area contributed by atoms with Crippen molar-refractivity contribution in [1.82, 2.24) is 9.97 Å². The molecule has 0 atom stereocenters. The van der Waals surface area contributed by atoms with E-state index in [0.717, 1.165) is 47.6 Å². The number of halogens is 1. The Labute approximate surface area is 125 Å². The van der Waals surface area contributed by atoms with Crippen LogP contribution in [0.5, 0.6) is 0 Å². The van der Waals surface area contributed by atoms with Crippen LogP contribution >= 0.6 is 15.9 Å². The van der Waals surface area contributed by atoms with Gasteiger partial charge >= 0.3 is 0 Å². The molecule has 0 fully saturated rings. The van der Waals surface area contributed by atoms with E-state index >= 15 is 0 Å². The minimum absolute atomic E-state index is 0.596. The molecule has 108 valence electrons. The van der Waals surface area contributed by atoms with Crippen molar-refractivity contribution >= 4 is 21.7 Å². The zero-order valence-electron chi connectivity index (χ0n) is 12.8. The third-order valence-corrected chi connectivity index (χ3v) is 3.69. The summed E-state index contributed by atoms with van der Waals surface area (Å²) in [7, 11) is 0. The number of hydrogen-bond acceptors (Lipinski definition) is 3. The van der Waals surface area contributed by atoms with E-state index in [-0.39, 0.29) is 0 Å². The van der Waals surface area contributed by atoms with Crippen LogP contribution in [0.1, 0.15) is 52.6 Å². The molecule has 4 heteroatoms. The maximum atomic E-state index is 4.73. The Morgan fingerprint density at radius 1 is 1.11 bits per heavy atom. The van der Waals surface area contributed by atoms with E-state index in [2.05, 4.69) is 60.8 Å². The van der Waals surface area contributed by atoms with E-state index in [0.29, 0.717) is 11.8 Å². The van der Waals surface area contributed by atoms with Crippen LogP contribution in [-0.4, -0.2) is 16.5 Å². The first-order valence-electron chi connectivity index (χ1n) is 7.23. The molecular formula is C15H26BrN3. The molecular weight excluding hydrogens is 302 g/mol. The van der Waals surface area contributed by atoms with Crippen molar-refractivity contribution in [3.05, 3.63) is 16.0 Å². The molecule has 1 aromatic rings. The highest BCUT2D eigenvalue weighted by molar-refractivity contribution is 9.10. The summed E-state index contributed by atoms with van der Waals surface area (Å²) in [5, 5.41) is 3.32. The lowest BCUT2D eigenvalue weighted by atomic mass is 10.1. The first-order chi connectivity index (χ1) is 8.93. The van der Waals surface area contributed by atoms with Crippen molar-refractivity contribution in [3.63, 3.8) is 0 Å². The third kappa shape index (κ3) is 5.47. The Balaban J connectivity index is 3.00. The van der Waals surface area contributed by atoms with Gasteiger partial charge in [-0.05, 0) is 47.5 Å². The number of rotatable bonds is 7. The maximum absolute atomic E-state index is 4.73. The van der Waals surface area contributed by atoms with Gasteiger partial charge in [-0.1, -0.05) is 27.7 Å². The maximum Gasteiger partial charge on any atom is 0.144 e. The van der Waals surface area contributed by atoms with Gasteiger partial charge in [0.15, 0.2) is 0 Å². The Kier molecular flexibility index (Phi) is 6.76. The summed E-state index contributed by atoms with van der Waals surface area (Å²) < 4.78 is 1.02. The van der Waals surface area contributed by atoms with Crippen molar-refractivity contribution in [2.24, 2.45) is 11.8 Å². The summed E-state index contributed by atoms with van der Waals surface area (Å²) in [5.74, 6) is 3.18. The number of nitrogens with one attached hydrogen (secondary N) is 1. The normalized spacial score (nSPS) is 11.4. The van der Waals surface area contributed by atoms with E-state index in [1.807, 2.05) is 0 Å². The largest absolute Gasteiger partial charge is 0.369 e. The second kappa shape index (κ2) is 7.83. The number of hydrogen-bond donors (Lipinski definition) is 1. The molecule has 0 bridgehead atoms. The van der Waals surface area contributed by atoms with Gasteiger partial charge in [0.1, 0.15) is 11.6 Å². The number of aryl methyl sites for hydroxylation is 1. The van der Waals surface area contributed by atoms with Crippen LogP contribution in [0.15, 0.2) is 4.47 Å². The molecule has 3 nitrogen and oxygen atoms in total. The first kappa shape index (κ1) is 16.4. The monoisotopic (exact) mass is 327 g/mol. The zero-order valence-corrected chi connectivity index (χ0v) is 14.3. The van der Waals surface area contributed by atoms with Gasteiger partial charge in [0.25, 0.3) is 0 Å². The molecule has 0 aliphatic carbocycles. The number of aromatic nitrogens is 2. The highest BCUT2D eigenvalue weighted by atomic mass is 79.9. The molecule has 1 heterocycles. The molecule has 1 N–H and O–H groups in total. The first-order valence-corrected chi connectivity index (χ1v) is 8.02. The van der Waals surface area contributed by atoms with Crippen LogP contribution in [0.25, 0.3) is 0 Å². The fourth-order valence-corrected chi connectivity index (χ4v) is 2.36. The Hall–Kier alpha value is -0.640. The number of nitrogens with zero attached hydrogens (tertiary/aromatic N) is 2. The van der Waals surface area contributed by atoms with Gasteiger partial charge in [0.2, 0.25) is 0 Å². The van der Waals surface area contributed by atoms with E-state index in [9.17, 15) is 0 Å². The molecule has 0 aliphatic rings. The van der Waals surface area contributed by atoms with Gasteiger partial charge in [-0.2, -0.15) is 0 Å². The molecule has 0 unspecified atom stereocenters. The van der Waals surface area contributed by atoms with Gasteiger partial charge in [0.05, 0.1) is 10.2 Å². The van der Waals surface area contributed by atoms with Crippen molar-refractivity contribution in [3.8, 4) is 0 Å². The predicted octanol–water partition coefficient (Wildman–Crippen LogP) is 4.46. The van der Waals surface area contributed by atoms with E-state index < -0.39 is 0 Å². The SMILES string of the molecule is CCNc1nc(CCC(C)C)nc(CC(C)C)c1Br. The molecule has 0 aromatic carbocycles. The highest BCUT2D eigenvalue weighted by Gasteiger charge is 2.13. The van der Waals surface area contributed by atoms with Gasteiger partial charge in [-0.15, -0.1) is 0 Å². The molecule has 0 saturated carbocycles. The molecule has 1 aromatic heterocycles. The molecule has 0 amide bonds. The molecule has 19 heavy (non-hydrogen) atoms. The molecule has 0 aliphatic heterocycles. The average molecular weight is 328 g/mol. The Morgan fingerprint density at radius 2 is 1.79 bits per heavy atom. The van der Waals surface area contributed by atoms with Crippen molar-refractivity contribution in [2.45, 2.75) is 53.9 Å².